The number of nitrogens with one attached hydrogen (secondary N) is 1. The van der Waals surface area contributed by atoms with Gasteiger partial charge in [0.05, 0.1) is 35.1 Å². The summed E-state index contributed by atoms with van der Waals surface area (Å²) < 4.78 is 39.6. The number of likely N-dealkylation sites (tertiary alicyclic amines) is 1. The number of piperidine rings is 1. The summed E-state index contributed by atoms with van der Waals surface area (Å²) in [6.07, 6.45) is 5.86. The van der Waals surface area contributed by atoms with Gasteiger partial charge in [-0.1, -0.05) is 42.5 Å². The van der Waals surface area contributed by atoms with Gasteiger partial charge < -0.3 is 24.2 Å². The van der Waals surface area contributed by atoms with E-state index in [-0.39, 0.29) is 23.3 Å². The molecule has 4 aromatic rings. The van der Waals surface area contributed by atoms with E-state index in [2.05, 4.69) is 20.7 Å². The van der Waals surface area contributed by atoms with Crippen LogP contribution in [-0.2, 0) is 46.0 Å². The zero-order chi connectivity index (χ0) is 38.9. The quantitative estimate of drug-likeness (QED) is 0.142. The Morgan fingerprint density at radius 1 is 1.06 bits per heavy atom. The molecule has 1 fully saturated rings. The van der Waals surface area contributed by atoms with Crippen LogP contribution in [0, 0.1) is 17.2 Å². The fraction of sp³-hybridized carbons (Fsp3) is 0.415. The standard InChI is InChI=1S/C41H50N6O6S/c1-41(2,3)53-40(50)46-20-18-31(19-21-46)24-35(27-47(28-37-26-43-29-45(37)4)36-15-12-32(25-42)13-16-36)44-54(51,52)38-11-6-5-10-34(38)23-33-9-7-8-30(22-33)14-17-39(48)49/h5-13,15-16,22,26,29,31,35,44H,14,17-21,23-24,27-28H2,1-4H3,(H,48,49). The number of aromatic nitrogens is 2. The molecular weight excluding hydrogens is 705 g/mol. The lowest BCUT2D eigenvalue weighted by atomic mass is 9.90. The zero-order valence-electron chi connectivity index (χ0n) is 31.4. The second kappa shape index (κ2) is 17.8. The Hall–Kier alpha value is -5.19. The van der Waals surface area contributed by atoms with E-state index >= 15 is 0 Å². The molecule has 1 saturated heterocycles. The van der Waals surface area contributed by atoms with Crippen LogP contribution in [0.2, 0.25) is 0 Å². The molecule has 0 bridgehead atoms. The summed E-state index contributed by atoms with van der Waals surface area (Å²) in [6, 6.07) is 23.5. The van der Waals surface area contributed by atoms with E-state index < -0.39 is 27.6 Å². The number of hydrogen-bond acceptors (Lipinski definition) is 8. The molecule has 2 N–H and O–H groups in total. The van der Waals surface area contributed by atoms with Gasteiger partial charge in [-0.25, -0.2) is 22.9 Å². The SMILES string of the molecule is Cn1cncc1CN(CC(CC1CCN(C(=O)OC(C)(C)C)CC1)NS(=O)(=O)c1ccccc1Cc1cccc(CCC(=O)O)c1)c1ccc(C#N)cc1. The second-order valence-electron chi connectivity index (χ2n) is 15.0. The van der Waals surface area contributed by atoms with Crippen molar-refractivity contribution < 1.29 is 27.9 Å². The molecule has 0 saturated carbocycles. The third-order valence-electron chi connectivity index (χ3n) is 9.55. The lowest BCUT2D eigenvalue weighted by Crippen LogP contribution is -2.47. The first-order valence-electron chi connectivity index (χ1n) is 18.3. The molecule has 1 amide bonds. The van der Waals surface area contributed by atoms with Gasteiger partial charge in [0, 0.05) is 51.0 Å². The number of carbonyl (C=O) groups is 2. The fourth-order valence-corrected chi connectivity index (χ4v) is 8.29. The Labute approximate surface area is 318 Å². The summed E-state index contributed by atoms with van der Waals surface area (Å²) in [5.74, 6) is -0.733. The van der Waals surface area contributed by atoms with Crippen LogP contribution in [0.25, 0.3) is 0 Å². The monoisotopic (exact) mass is 754 g/mol. The molecule has 5 rings (SSSR count). The van der Waals surface area contributed by atoms with Crippen LogP contribution in [-0.4, -0.2) is 71.3 Å². The van der Waals surface area contributed by atoms with Crippen molar-refractivity contribution in [1.29, 1.82) is 5.26 Å². The van der Waals surface area contributed by atoms with Crippen molar-refractivity contribution in [1.82, 2.24) is 19.2 Å². The van der Waals surface area contributed by atoms with Crippen LogP contribution in [0.3, 0.4) is 0 Å². The van der Waals surface area contributed by atoms with E-state index in [1.165, 1.54) is 0 Å². The van der Waals surface area contributed by atoms with E-state index in [1.807, 2.05) is 80.9 Å². The molecule has 3 aromatic carbocycles. The number of hydrogen-bond donors (Lipinski definition) is 2. The van der Waals surface area contributed by atoms with Crippen molar-refractivity contribution >= 4 is 27.8 Å². The first-order chi connectivity index (χ1) is 25.7. The van der Waals surface area contributed by atoms with Gasteiger partial charge in [0.2, 0.25) is 10.0 Å². The maximum Gasteiger partial charge on any atom is 0.410 e. The minimum absolute atomic E-state index is 0.0137. The van der Waals surface area contributed by atoms with Crippen molar-refractivity contribution in [3.8, 4) is 6.07 Å². The largest absolute Gasteiger partial charge is 0.481 e. The molecule has 0 aliphatic carbocycles. The van der Waals surface area contributed by atoms with Crippen molar-refractivity contribution in [3.05, 3.63) is 113 Å². The van der Waals surface area contributed by atoms with Crippen molar-refractivity contribution in [2.45, 2.75) is 82.4 Å². The maximum atomic E-state index is 14.5. The molecule has 2 heterocycles. The van der Waals surface area contributed by atoms with Crippen LogP contribution in [0.4, 0.5) is 10.5 Å². The topological polar surface area (TPSA) is 158 Å². The number of nitrogens with zero attached hydrogens (tertiary/aromatic N) is 5. The average molecular weight is 755 g/mol. The zero-order valence-corrected chi connectivity index (χ0v) is 32.3. The number of aryl methyl sites for hydroxylation is 2. The maximum absolute atomic E-state index is 14.5. The van der Waals surface area contributed by atoms with Crippen LogP contribution < -0.4 is 9.62 Å². The fourth-order valence-electron chi connectivity index (χ4n) is 6.81. The number of aliphatic carboxylic acids is 1. The number of sulfonamides is 1. The molecule has 0 spiro atoms. The van der Waals surface area contributed by atoms with E-state index in [0.717, 1.165) is 22.5 Å². The summed E-state index contributed by atoms with van der Waals surface area (Å²) >= 11 is 0. The lowest BCUT2D eigenvalue weighted by molar-refractivity contribution is -0.136. The number of amides is 1. The van der Waals surface area contributed by atoms with Gasteiger partial charge in [-0.3, -0.25) is 4.79 Å². The first kappa shape index (κ1) is 40.0. The number of benzene rings is 3. The van der Waals surface area contributed by atoms with Crippen LogP contribution in [0.1, 0.15) is 74.4 Å². The minimum Gasteiger partial charge on any atom is -0.481 e. The molecule has 0 radical (unpaired) electrons. The number of anilines is 1. The van der Waals surface area contributed by atoms with Gasteiger partial charge in [0.15, 0.2) is 0 Å². The number of ether oxygens (including phenoxy) is 1. The number of carbonyl (C=O) groups excluding carboxylic acids is 1. The van der Waals surface area contributed by atoms with Gasteiger partial charge in [0.25, 0.3) is 0 Å². The third kappa shape index (κ3) is 11.4. The summed E-state index contributed by atoms with van der Waals surface area (Å²) in [4.78, 5) is 32.3. The molecule has 1 aliphatic rings. The number of carboxylic acid groups (broad SMARTS) is 1. The first-order valence-corrected chi connectivity index (χ1v) is 19.8. The van der Waals surface area contributed by atoms with Gasteiger partial charge in [0.1, 0.15) is 5.60 Å². The van der Waals surface area contributed by atoms with Crippen molar-refractivity contribution in [2.24, 2.45) is 13.0 Å². The number of nitriles is 1. The number of rotatable bonds is 15. The predicted octanol–water partition coefficient (Wildman–Crippen LogP) is 6.29. The van der Waals surface area contributed by atoms with Crippen LogP contribution in [0.5, 0.6) is 0 Å². The highest BCUT2D eigenvalue weighted by Crippen LogP contribution is 2.28. The van der Waals surface area contributed by atoms with Gasteiger partial charge in [-0.15, -0.1) is 0 Å². The molecule has 286 valence electrons. The smallest absolute Gasteiger partial charge is 0.410 e. The highest BCUT2D eigenvalue weighted by molar-refractivity contribution is 7.89. The third-order valence-corrected chi connectivity index (χ3v) is 11.2. The summed E-state index contributed by atoms with van der Waals surface area (Å²) in [5.41, 5.74) is 4.09. The van der Waals surface area contributed by atoms with Crippen molar-refractivity contribution in [3.63, 3.8) is 0 Å². The molecule has 1 aromatic heterocycles. The molecule has 13 heteroatoms. The Balaban J connectivity index is 1.42. The lowest BCUT2D eigenvalue weighted by Gasteiger charge is -2.36. The predicted molar refractivity (Wildman–Crippen MR) is 206 cm³/mol. The number of carboxylic acids is 1. The molecule has 1 unspecified atom stereocenters. The molecule has 54 heavy (non-hydrogen) atoms. The number of imidazole rings is 1. The van der Waals surface area contributed by atoms with Crippen LogP contribution in [0.15, 0.2) is 90.2 Å². The summed E-state index contributed by atoms with van der Waals surface area (Å²) in [7, 11) is -2.13. The highest BCUT2D eigenvalue weighted by atomic mass is 32.2. The Kier molecular flexibility index (Phi) is 13.2. The van der Waals surface area contributed by atoms with E-state index in [4.69, 9.17) is 9.84 Å². The highest BCUT2D eigenvalue weighted by Gasteiger charge is 2.31. The molecule has 1 aliphatic heterocycles. The minimum atomic E-state index is -4.05. The van der Waals surface area contributed by atoms with Crippen molar-refractivity contribution in [2.75, 3.05) is 24.5 Å². The molecular formula is C41H50N6O6S. The Morgan fingerprint density at radius 3 is 2.41 bits per heavy atom. The van der Waals surface area contributed by atoms with E-state index in [9.17, 15) is 23.3 Å². The Bertz CT molecular complexity index is 2040. The molecule has 1 atom stereocenters. The normalized spacial score (nSPS) is 14.3. The average Bonchev–Trinajstić information content (AvgIpc) is 3.53. The summed E-state index contributed by atoms with van der Waals surface area (Å²) in [6.45, 7) is 7.35. The van der Waals surface area contributed by atoms with E-state index in [1.54, 1.807) is 41.7 Å². The van der Waals surface area contributed by atoms with Crippen LogP contribution >= 0.6 is 0 Å². The van der Waals surface area contributed by atoms with Gasteiger partial charge in [-0.2, -0.15) is 5.26 Å². The molecule has 12 nitrogen and oxygen atoms in total. The van der Waals surface area contributed by atoms with Gasteiger partial charge >= 0.3 is 12.1 Å². The van der Waals surface area contributed by atoms with Gasteiger partial charge in [-0.05, 0) is 106 Å². The van der Waals surface area contributed by atoms with E-state index in [0.29, 0.717) is 69.4 Å². The second-order valence-corrected chi connectivity index (χ2v) is 16.7. The Morgan fingerprint density at radius 2 is 1.76 bits per heavy atom. The summed E-state index contributed by atoms with van der Waals surface area (Å²) in [5, 5.41) is 18.6.